The first-order chi connectivity index (χ1) is 19.6. The number of H-pyrrole nitrogens is 1. The van der Waals surface area contributed by atoms with E-state index in [1.807, 2.05) is 9.24 Å². The van der Waals surface area contributed by atoms with Gasteiger partial charge in [-0.2, -0.15) is 0 Å². The van der Waals surface area contributed by atoms with E-state index in [1.165, 1.54) is 39.8 Å². The number of nitrogens with zero attached hydrogens (tertiary/aromatic N) is 3. The summed E-state index contributed by atoms with van der Waals surface area (Å²) in [5.41, 5.74) is 0.0244. The average molecular weight is 617 g/mol. The number of halogens is 5. The Kier molecular flexibility index (Phi) is 9.25. The summed E-state index contributed by atoms with van der Waals surface area (Å²) >= 11 is 0. The van der Waals surface area contributed by atoms with E-state index in [1.54, 1.807) is 0 Å². The quantitative estimate of drug-likeness (QED) is 0.202. The molecule has 2 heterocycles. The van der Waals surface area contributed by atoms with Gasteiger partial charge >= 0.3 is 0 Å². The summed E-state index contributed by atoms with van der Waals surface area (Å²) in [6.45, 7) is 5.43. The average Bonchev–Trinajstić information content (AvgIpc) is 3.52. The monoisotopic (exact) mass is 616 g/mol. The van der Waals surface area contributed by atoms with Gasteiger partial charge in [0, 0.05) is 18.4 Å². The minimum Gasteiger partial charge on any atom is -0.350 e. The number of fused-ring (bicyclic) bond motifs is 1. The van der Waals surface area contributed by atoms with Gasteiger partial charge in [-0.1, -0.05) is 20.5 Å². The van der Waals surface area contributed by atoms with Crippen LogP contribution in [0, 0.1) is 18.7 Å². The number of benzene rings is 1. The van der Waals surface area contributed by atoms with Crippen LogP contribution in [0.1, 0.15) is 92.4 Å². The second kappa shape index (κ2) is 12.2. The van der Waals surface area contributed by atoms with Gasteiger partial charge in [0.05, 0.1) is 29.7 Å². The molecule has 1 fully saturated rings. The van der Waals surface area contributed by atoms with Crippen LogP contribution < -0.4 is 10.6 Å². The number of carbonyl (C=O) groups is 2. The fraction of sp³-hybridized carbons (Fsp3) is 0.593. The highest BCUT2D eigenvalue weighted by molar-refractivity contribution is 7.18. The van der Waals surface area contributed by atoms with Crippen LogP contribution in [0.4, 0.5) is 22.0 Å². The van der Waals surface area contributed by atoms with Crippen molar-refractivity contribution in [3.63, 3.8) is 0 Å². The van der Waals surface area contributed by atoms with Gasteiger partial charge in [-0.05, 0) is 64.1 Å². The molecule has 3 N–H and O–H groups in total. The van der Waals surface area contributed by atoms with Gasteiger partial charge in [0.2, 0.25) is 11.8 Å². The third-order valence-electron chi connectivity index (χ3n) is 7.78. The zero-order valence-electron chi connectivity index (χ0n) is 23.6. The van der Waals surface area contributed by atoms with Crippen molar-refractivity contribution >= 4 is 32.1 Å². The number of carbonyl (C=O) groups excluding carboxylic acids is 2. The van der Waals surface area contributed by atoms with E-state index in [2.05, 4.69) is 35.5 Å². The fourth-order valence-electron chi connectivity index (χ4n) is 5.10. The fourth-order valence-corrected chi connectivity index (χ4v) is 5.18. The van der Waals surface area contributed by atoms with E-state index in [9.17, 15) is 27.2 Å². The number of aryl methyl sites for hydroxylation is 1. The number of hydrogen-bond donors (Lipinski definition) is 3. The predicted molar refractivity (Wildman–Crippen MR) is 147 cm³/mol. The van der Waals surface area contributed by atoms with Crippen molar-refractivity contribution in [2.24, 2.45) is 5.92 Å². The Hall–Kier alpha value is -3.15. The van der Waals surface area contributed by atoms with Crippen LogP contribution in [0.25, 0.3) is 11.0 Å². The Bertz CT molecular complexity index is 1430. The van der Waals surface area contributed by atoms with E-state index < -0.39 is 71.9 Å². The Morgan fingerprint density at radius 1 is 1.21 bits per heavy atom. The second-order valence-electron chi connectivity index (χ2n) is 11.3. The zero-order valence-corrected chi connectivity index (χ0v) is 24.8. The third-order valence-corrected chi connectivity index (χ3v) is 8.28. The van der Waals surface area contributed by atoms with E-state index in [-0.39, 0.29) is 53.1 Å². The van der Waals surface area contributed by atoms with Crippen molar-refractivity contribution in [1.82, 2.24) is 30.9 Å². The normalized spacial score (nSPS) is 20.0. The topological polar surface area (TPSA) is 126 Å². The van der Waals surface area contributed by atoms with Crippen molar-refractivity contribution in [3.8, 4) is 0 Å². The molecular weight excluding hydrogens is 582 g/mol. The highest BCUT2D eigenvalue weighted by Gasteiger charge is 2.40. The first-order valence-electron chi connectivity index (χ1n) is 13.7. The summed E-state index contributed by atoms with van der Waals surface area (Å²) in [4.78, 5) is 33.4. The molecule has 1 aliphatic rings. The van der Waals surface area contributed by atoms with Crippen molar-refractivity contribution in [2.45, 2.75) is 95.3 Å². The lowest BCUT2D eigenvalue weighted by atomic mass is 9.81. The molecule has 3 aromatic rings. The molecule has 0 radical (unpaired) electrons. The number of hydrogen-bond acceptors (Lipinski definition) is 6. The molecule has 1 aliphatic carbocycles. The van der Waals surface area contributed by atoms with Crippen LogP contribution in [0.2, 0.25) is 0 Å². The minimum atomic E-state index is -2.83. The predicted octanol–water partition coefficient (Wildman–Crippen LogP) is 5.59. The molecule has 0 bridgehead atoms. The van der Waals surface area contributed by atoms with Gasteiger partial charge in [-0.25, -0.2) is 31.6 Å². The van der Waals surface area contributed by atoms with Gasteiger partial charge in [0.25, 0.3) is 5.91 Å². The van der Waals surface area contributed by atoms with Crippen LogP contribution >= 0.6 is 9.24 Å². The molecule has 6 atom stereocenters. The van der Waals surface area contributed by atoms with Crippen LogP contribution in [0.3, 0.4) is 0 Å². The highest BCUT2D eigenvalue weighted by Crippen LogP contribution is 2.41. The summed E-state index contributed by atoms with van der Waals surface area (Å²) in [5.74, 6) is -6.79. The van der Waals surface area contributed by atoms with Crippen LogP contribution in [-0.2, 0) is 4.79 Å². The number of nitrogens with one attached hydrogen (secondary N) is 3. The molecule has 4 rings (SSSR count). The maximum atomic E-state index is 16.0. The number of imidazole rings is 1. The molecule has 2 aromatic heterocycles. The van der Waals surface area contributed by atoms with Gasteiger partial charge in [0.1, 0.15) is 22.4 Å². The number of rotatable bonds is 10. The van der Waals surface area contributed by atoms with Gasteiger partial charge < -0.3 is 15.6 Å². The number of aromatic nitrogens is 4. The maximum absolute atomic E-state index is 16.0. The first-order valence-corrected chi connectivity index (χ1v) is 14.2. The standard InChI is InChI=1S/C27H34F5N6O3P/c1-12(28)11-17(24(39)33-14(3)26(4,30)42)16-5-6-18-22(19(16)29)35-23(34-18)21(15-7-9-27(31,32)10-8-15)36-25(40)20-13(2)37-41-38-20/h5-6,12,14-15,17,21H,7-11,42H2,1-4H3,(H,33,39)(H,34,35)(H,36,40)/t12?,14-,17-,21-,26?/m0/s1. The van der Waals surface area contributed by atoms with E-state index in [0.29, 0.717) is 0 Å². The van der Waals surface area contributed by atoms with Crippen molar-refractivity contribution in [3.05, 3.63) is 40.7 Å². The SMILES string of the molecule is Cc1nonc1C(=O)N[C@H](c1nc2c(F)c([C@H](CC(C)F)C(=O)N[C@@H](C)C(C)(F)P)ccc2[nH]1)C1CCC(F)(F)CC1. The number of aromatic amines is 1. The number of amides is 2. The van der Waals surface area contributed by atoms with Gasteiger partial charge in [0.15, 0.2) is 11.5 Å². The molecule has 0 saturated heterocycles. The lowest BCUT2D eigenvalue weighted by molar-refractivity contribution is -0.124. The summed E-state index contributed by atoms with van der Waals surface area (Å²) in [6.07, 6.45) is -2.49. The molecular formula is C27H34F5N6O3P. The molecule has 3 unspecified atom stereocenters. The van der Waals surface area contributed by atoms with E-state index in [4.69, 9.17) is 0 Å². The van der Waals surface area contributed by atoms with Crippen molar-refractivity contribution in [2.75, 3.05) is 0 Å². The smallest absolute Gasteiger partial charge is 0.276 e. The largest absolute Gasteiger partial charge is 0.350 e. The molecule has 42 heavy (non-hydrogen) atoms. The molecule has 0 spiro atoms. The zero-order chi connectivity index (χ0) is 31.0. The maximum Gasteiger partial charge on any atom is 0.276 e. The summed E-state index contributed by atoms with van der Waals surface area (Å²) in [6, 6.07) is 0.902. The Balaban J connectivity index is 1.70. The molecule has 1 aromatic carbocycles. The Morgan fingerprint density at radius 2 is 1.88 bits per heavy atom. The molecule has 15 heteroatoms. The summed E-state index contributed by atoms with van der Waals surface area (Å²) in [7, 11) is 1.97. The van der Waals surface area contributed by atoms with Crippen LogP contribution in [0.5, 0.6) is 0 Å². The van der Waals surface area contributed by atoms with Gasteiger partial charge in [-0.15, -0.1) is 0 Å². The minimum absolute atomic E-state index is 0.0663. The van der Waals surface area contributed by atoms with E-state index in [0.717, 1.165) is 0 Å². The third kappa shape index (κ3) is 7.07. The Morgan fingerprint density at radius 3 is 2.45 bits per heavy atom. The van der Waals surface area contributed by atoms with E-state index >= 15 is 4.39 Å². The van der Waals surface area contributed by atoms with Crippen molar-refractivity contribution < 1.29 is 36.2 Å². The van der Waals surface area contributed by atoms with Crippen molar-refractivity contribution in [1.29, 1.82) is 0 Å². The molecule has 0 aliphatic heterocycles. The summed E-state index contributed by atoms with van der Waals surface area (Å²) in [5, 5.41) is 10.6. The highest BCUT2D eigenvalue weighted by atomic mass is 31.0. The lowest BCUT2D eigenvalue weighted by Gasteiger charge is -2.33. The second-order valence-corrected chi connectivity index (χ2v) is 12.4. The van der Waals surface area contributed by atoms with Crippen LogP contribution in [-0.4, -0.2) is 55.6 Å². The Labute approximate surface area is 241 Å². The summed E-state index contributed by atoms with van der Waals surface area (Å²) < 4.78 is 77.0. The molecule has 230 valence electrons. The number of alkyl halides is 4. The van der Waals surface area contributed by atoms with Gasteiger partial charge in [-0.3, -0.25) is 9.59 Å². The molecule has 2 amide bonds. The molecule has 1 saturated carbocycles. The van der Waals surface area contributed by atoms with Crippen LogP contribution in [0.15, 0.2) is 16.8 Å². The molecule has 9 nitrogen and oxygen atoms in total. The first kappa shape index (κ1) is 31.8. The lowest BCUT2D eigenvalue weighted by Crippen LogP contribution is -2.45.